The summed E-state index contributed by atoms with van der Waals surface area (Å²) >= 11 is 5.81. The van der Waals surface area contributed by atoms with Crippen molar-refractivity contribution in [3.63, 3.8) is 0 Å². The highest BCUT2D eigenvalue weighted by Gasteiger charge is 2.13. The van der Waals surface area contributed by atoms with Gasteiger partial charge in [-0.3, -0.25) is 4.79 Å². The maximum atomic E-state index is 12.2. The zero-order valence-corrected chi connectivity index (χ0v) is 12.1. The number of rotatable bonds is 3. The third kappa shape index (κ3) is 3.11. The first-order valence-electron chi connectivity index (χ1n) is 6.34. The molecule has 2 aromatic carbocycles. The maximum Gasteiger partial charge on any atom is 0.251 e. The number of benzene rings is 2. The number of phenolic OH excluding ortho intramolecular Hbond substituents is 1. The van der Waals surface area contributed by atoms with Crippen LogP contribution in [-0.4, -0.2) is 11.0 Å². The van der Waals surface area contributed by atoms with E-state index >= 15 is 0 Å². The highest BCUT2D eigenvalue weighted by atomic mass is 35.5. The van der Waals surface area contributed by atoms with Gasteiger partial charge < -0.3 is 10.4 Å². The van der Waals surface area contributed by atoms with E-state index in [1.807, 2.05) is 38.1 Å². The van der Waals surface area contributed by atoms with E-state index in [1.165, 1.54) is 12.1 Å². The normalized spacial score (nSPS) is 11.9. The first-order chi connectivity index (χ1) is 9.49. The Kier molecular flexibility index (Phi) is 4.30. The van der Waals surface area contributed by atoms with E-state index in [0.29, 0.717) is 5.56 Å². The zero-order chi connectivity index (χ0) is 14.7. The molecule has 1 atom stereocenters. The van der Waals surface area contributed by atoms with E-state index < -0.39 is 0 Å². The van der Waals surface area contributed by atoms with E-state index in [2.05, 4.69) is 5.32 Å². The Bertz CT molecular complexity index is 640. The Hall–Kier alpha value is -2.00. The summed E-state index contributed by atoms with van der Waals surface area (Å²) < 4.78 is 0. The van der Waals surface area contributed by atoms with Crippen LogP contribution in [0.5, 0.6) is 5.75 Å². The van der Waals surface area contributed by atoms with Gasteiger partial charge in [-0.1, -0.05) is 35.9 Å². The van der Waals surface area contributed by atoms with Crippen molar-refractivity contribution < 1.29 is 9.90 Å². The van der Waals surface area contributed by atoms with Gasteiger partial charge in [0.1, 0.15) is 5.75 Å². The molecule has 0 saturated heterocycles. The van der Waals surface area contributed by atoms with Gasteiger partial charge in [0.05, 0.1) is 11.1 Å². The molecule has 104 valence electrons. The van der Waals surface area contributed by atoms with Crippen LogP contribution in [0.25, 0.3) is 0 Å². The summed E-state index contributed by atoms with van der Waals surface area (Å²) in [5.41, 5.74) is 2.63. The molecule has 1 unspecified atom stereocenters. The van der Waals surface area contributed by atoms with Crippen molar-refractivity contribution in [1.29, 1.82) is 0 Å². The van der Waals surface area contributed by atoms with E-state index in [1.54, 1.807) is 6.07 Å². The average molecular weight is 290 g/mol. The van der Waals surface area contributed by atoms with E-state index in [-0.39, 0.29) is 22.7 Å². The van der Waals surface area contributed by atoms with Crippen LogP contribution in [0.3, 0.4) is 0 Å². The van der Waals surface area contributed by atoms with Gasteiger partial charge in [-0.2, -0.15) is 0 Å². The third-order valence-electron chi connectivity index (χ3n) is 3.21. The summed E-state index contributed by atoms with van der Waals surface area (Å²) in [6.45, 7) is 3.94. The Morgan fingerprint density at radius 2 is 1.95 bits per heavy atom. The average Bonchev–Trinajstić information content (AvgIpc) is 2.42. The molecule has 0 radical (unpaired) electrons. The van der Waals surface area contributed by atoms with Crippen LogP contribution < -0.4 is 5.32 Å². The molecule has 3 nitrogen and oxygen atoms in total. The first kappa shape index (κ1) is 14.4. The van der Waals surface area contributed by atoms with Gasteiger partial charge in [0, 0.05) is 5.56 Å². The maximum absolute atomic E-state index is 12.2. The van der Waals surface area contributed by atoms with E-state index in [0.717, 1.165) is 11.1 Å². The minimum atomic E-state index is -0.220. The van der Waals surface area contributed by atoms with Gasteiger partial charge in [0.2, 0.25) is 0 Å². The highest BCUT2D eigenvalue weighted by molar-refractivity contribution is 6.32. The smallest absolute Gasteiger partial charge is 0.251 e. The Labute approximate surface area is 123 Å². The number of amides is 1. The van der Waals surface area contributed by atoms with Crippen LogP contribution in [0.15, 0.2) is 42.5 Å². The topological polar surface area (TPSA) is 49.3 Å². The summed E-state index contributed by atoms with van der Waals surface area (Å²) in [7, 11) is 0. The van der Waals surface area contributed by atoms with E-state index in [4.69, 9.17) is 11.6 Å². The molecule has 0 spiro atoms. The minimum absolute atomic E-state index is 0.0323. The number of hydrogen-bond donors (Lipinski definition) is 2. The number of carbonyl (C=O) groups is 1. The molecule has 0 saturated carbocycles. The lowest BCUT2D eigenvalue weighted by atomic mass is 10.0. The summed E-state index contributed by atoms with van der Waals surface area (Å²) in [4.78, 5) is 12.2. The predicted molar refractivity (Wildman–Crippen MR) is 80.2 cm³/mol. The standard InChI is InChI=1S/C16H16ClNO2/c1-10-5-3-4-6-13(10)11(2)18-16(20)12-7-8-15(19)14(17)9-12/h3-9,11,19H,1-2H3,(H,18,20). The quantitative estimate of drug-likeness (QED) is 0.902. The lowest BCUT2D eigenvalue weighted by Gasteiger charge is -2.16. The summed E-state index contributed by atoms with van der Waals surface area (Å²) in [5, 5.41) is 12.4. The molecule has 2 rings (SSSR count). The lowest BCUT2D eigenvalue weighted by molar-refractivity contribution is 0.0940. The van der Waals surface area contributed by atoms with Crippen LogP contribution in [0.1, 0.15) is 34.5 Å². The van der Waals surface area contributed by atoms with Crippen molar-refractivity contribution >= 4 is 17.5 Å². The van der Waals surface area contributed by atoms with Crippen LogP contribution >= 0.6 is 11.6 Å². The van der Waals surface area contributed by atoms with Crippen molar-refractivity contribution in [3.05, 3.63) is 64.2 Å². The van der Waals surface area contributed by atoms with Gasteiger partial charge in [-0.05, 0) is 43.2 Å². The zero-order valence-electron chi connectivity index (χ0n) is 11.4. The van der Waals surface area contributed by atoms with Crippen LogP contribution in [-0.2, 0) is 0 Å². The van der Waals surface area contributed by atoms with Crippen LogP contribution in [0.4, 0.5) is 0 Å². The van der Waals surface area contributed by atoms with Gasteiger partial charge in [0.25, 0.3) is 5.91 Å². The fraction of sp³-hybridized carbons (Fsp3) is 0.188. The SMILES string of the molecule is Cc1ccccc1C(C)NC(=O)c1ccc(O)c(Cl)c1. The second-order valence-electron chi connectivity index (χ2n) is 4.72. The fourth-order valence-corrected chi connectivity index (χ4v) is 2.26. The van der Waals surface area contributed by atoms with Crippen molar-refractivity contribution in [2.75, 3.05) is 0 Å². The first-order valence-corrected chi connectivity index (χ1v) is 6.71. The second-order valence-corrected chi connectivity index (χ2v) is 5.13. The summed E-state index contributed by atoms with van der Waals surface area (Å²) in [6, 6.07) is 12.2. The number of halogens is 1. The van der Waals surface area contributed by atoms with Crippen molar-refractivity contribution in [2.45, 2.75) is 19.9 Å². The van der Waals surface area contributed by atoms with E-state index in [9.17, 15) is 9.90 Å². The fourth-order valence-electron chi connectivity index (χ4n) is 2.08. The number of phenols is 1. The van der Waals surface area contributed by atoms with Crippen LogP contribution in [0.2, 0.25) is 5.02 Å². The molecule has 0 heterocycles. The third-order valence-corrected chi connectivity index (χ3v) is 3.52. The number of nitrogens with one attached hydrogen (secondary N) is 1. The second kappa shape index (κ2) is 5.97. The number of hydrogen-bond acceptors (Lipinski definition) is 2. The predicted octanol–water partition coefficient (Wildman–Crippen LogP) is 3.85. The molecule has 0 aliphatic heterocycles. The number of carbonyl (C=O) groups excluding carboxylic acids is 1. The molecule has 2 N–H and O–H groups in total. The van der Waals surface area contributed by atoms with Gasteiger partial charge in [-0.15, -0.1) is 0 Å². The van der Waals surface area contributed by atoms with Crippen LogP contribution in [0, 0.1) is 6.92 Å². The van der Waals surface area contributed by atoms with Gasteiger partial charge in [-0.25, -0.2) is 0 Å². The molecular formula is C16H16ClNO2. The van der Waals surface area contributed by atoms with Gasteiger partial charge >= 0.3 is 0 Å². The summed E-state index contributed by atoms with van der Waals surface area (Å²) in [5.74, 6) is -0.252. The Morgan fingerprint density at radius 1 is 1.25 bits per heavy atom. The molecule has 1 amide bonds. The largest absolute Gasteiger partial charge is 0.506 e. The summed E-state index contributed by atoms with van der Waals surface area (Å²) in [6.07, 6.45) is 0. The molecule has 20 heavy (non-hydrogen) atoms. The Balaban J connectivity index is 2.15. The molecule has 2 aromatic rings. The number of aryl methyl sites for hydroxylation is 1. The lowest BCUT2D eigenvalue weighted by Crippen LogP contribution is -2.27. The highest BCUT2D eigenvalue weighted by Crippen LogP contribution is 2.24. The monoisotopic (exact) mass is 289 g/mol. The molecule has 0 fully saturated rings. The molecule has 0 aromatic heterocycles. The van der Waals surface area contributed by atoms with Crippen molar-refractivity contribution in [1.82, 2.24) is 5.32 Å². The Morgan fingerprint density at radius 3 is 2.60 bits per heavy atom. The van der Waals surface area contributed by atoms with Crippen molar-refractivity contribution in [2.24, 2.45) is 0 Å². The number of aromatic hydroxyl groups is 1. The molecule has 0 aliphatic carbocycles. The molecule has 0 aliphatic rings. The molecular weight excluding hydrogens is 274 g/mol. The molecule has 0 bridgehead atoms. The molecule has 4 heteroatoms. The van der Waals surface area contributed by atoms with Gasteiger partial charge in [0.15, 0.2) is 0 Å². The van der Waals surface area contributed by atoms with Crippen molar-refractivity contribution in [3.8, 4) is 5.75 Å². The minimum Gasteiger partial charge on any atom is -0.506 e.